The van der Waals surface area contributed by atoms with Crippen LogP contribution < -0.4 is 5.32 Å². The molecule has 1 N–H and O–H groups in total. The van der Waals surface area contributed by atoms with Crippen molar-refractivity contribution in [1.29, 1.82) is 0 Å². The van der Waals surface area contributed by atoms with Crippen LogP contribution in [0.2, 0.25) is 0 Å². The molecule has 2 saturated heterocycles. The summed E-state index contributed by atoms with van der Waals surface area (Å²) in [5.74, 6) is 0. The maximum atomic E-state index is 3.58. The molecular weight excluding hydrogens is 246 g/mol. The fourth-order valence-corrected chi connectivity index (χ4v) is 4.15. The van der Waals surface area contributed by atoms with Gasteiger partial charge >= 0.3 is 0 Å². The molecule has 2 rings (SSSR count). The van der Waals surface area contributed by atoms with E-state index in [0.29, 0.717) is 5.41 Å². The zero-order chi connectivity index (χ0) is 14.4. The lowest BCUT2D eigenvalue weighted by Gasteiger charge is -2.34. The Bertz CT molecular complexity index is 275. The van der Waals surface area contributed by atoms with E-state index >= 15 is 0 Å². The maximum absolute atomic E-state index is 3.58. The predicted molar refractivity (Wildman–Crippen MR) is 87.2 cm³/mol. The number of hydrogen-bond acceptors (Lipinski definition) is 3. The Labute approximate surface area is 126 Å². The summed E-state index contributed by atoms with van der Waals surface area (Å²) >= 11 is 0. The van der Waals surface area contributed by atoms with Crippen LogP contribution >= 0.6 is 0 Å². The van der Waals surface area contributed by atoms with Gasteiger partial charge in [0.25, 0.3) is 0 Å². The zero-order valence-electron chi connectivity index (χ0n) is 14.0. The summed E-state index contributed by atoms with van der Waals surface area (Å²) in [6.45, 7) is 15.9. The van der Waals surface area contributed by atoms with Crippen molar-refractivity contribution in [2.24, 2.45) is 5.41 Å². The molecule has 0 aliphatic carbocycles. The lowest BCUT2D eigenvalue weighted by Crippen LogP contribution is -2.43. The SMILES string of the molecule is CCCC(C)(CNCC)CN1CCC(N2CCCC2)C1. The molecule has 2 aliphatic heterocycles. The average molecular weight is 281 g/mol. The molecule has 0 radical (unpaired) electrons. The van der Waals surface area contributed by atoms with Crippen molar-refractivity contribution in [3.8, 4) is 0 Å². The Kier molecular flexibility index (Phi) is 6.31. The Morgan fingerprint density at radius 2 is 1.90 bits per heavy atom. The summed E-state index contributed by atoms with van der Waals surface area (Å²) in [6, 6.07) is 0.850. The maximum Gasteiger partial charge on any atom is 0.0235 e. The molecule has 2 atom stereocenters. The molecule has 0 saturated carbocycles. The standard InChI is InChI=1S/C17H35N3/c1-4-9-17(3,14-18-5-2)15-19-12-8-16(13-19)20-10-6-7-11-20/h16,18H,4-15H2,1-3H3. The number of rotatable bonds is 8. The van der Waals surface area contributed by atoms with Gasteiger partial charge in [-0.25, -0.2) is 0 Å². The minimum absolute atomic E-state index is 0.449. The molecule has 20 heavy (non-hydrogen) atoms. The summed E-state index contributed by atoms with van der Waals surface area (Å²) in [4.78, 5) is 5.47. The van der Waals surface area contributed by atoms with E-state index in [0.717, 1.165) is 12.6 Å². The van der Waals surface area contributed by atoms with Gasteiger partial charge in [0.1, 0.15) is 0 Å². The van der Waals surface area contributed by atoms with Gasteiger partial charge in [-0.2, -0.15) is 0 Å². The van der Waals surface area contributed by atoms with Crippen LogP contribution in [0.5, 0.6) is 0 Å². The quantitative estimate of drug-likeness (QED) is 0.738. The van der Waals surface area contributed by atoms with Gasteiger partial charge in [0.05, 0.1) is 0 Å². The van der Waals surface area contributed by atoms with Gasteiger partial charge in [-0.05, 0) is 57.3 Å². The second-order valence-electron chi connectivity index (χ2n) is 7.26. The molecule has 2 unspecified atom stereocenters. The van der Waals surface area contributed by atoms with Crippen molar-refractivity contribution in [3.63, 3.8) is 0 Å². The highest BCUT2D eigenvalue weighted by molar-refractivity contribution is 4.89. The molecule has 0 spiro atoms. The van der Waals surface area contributed by atoms with E-state index < -0.39 is 0 Å². The first-order valence-electron chi connectivity index (χ1n) is 8.84. The Morgan fingerprint density at radius 3 is 2.55 bits per heavy atom. The first-order valence-corrected chi connectivity index (χ1v) is 8.84. The average Bonchev–Trinajstić information content (AvgIpc) is 3.07. The fraction of sp³-hybridized carbons (Fsp3) is 1.00. The highest BCUT2D eigenvalue weighted by Crippen LogP contribution is 2.27. The molecule has 0 bridgehead atoms. The third-order valence-corrected chi connectivity index (χ3v) is 5.17. The van der Waals surface area contributed by atoms with E-state index in [-0.39, 0.29) is 0 Å². The van der Waals surface area contributed by atoms with Gasteiger partial charge in [-0.15, -0.1) is 0 Å². The van der Waals surface area contributed by atoms with E-state index in [2.05, 4.69) is 35.9 Å². The van der Waals surface area contributed by atoms with Crippen LogP contribution in [0.15, 0.2) is 0 Å². The van der Waals surface area contributed by atoms with Crippen molar-refractivity contribution in [3.05, 3.63) is 0 Å². The molecule has 3 heteroatoms. The number of nitrogens with zero attached hydrogens (tertiary/aromatic N) is 2. The minimum Gasteiger partial charge on any atom is -0.316 e. The van der Waals surface area contributed by atoms with Crippen molar-refractivity contribution >= 4 is 0 Å². The second kappa shape index (κ2) is 7.77. The van der Waals surface area contributed by atoms with Crippen LogP contribution in [0.1, 0.15) is 52.9 Å². The molecular formula is C17H35N3. The summed E-state index contributed by atoms with van der Waals surface area (Å²) in [7, 11) is 0. The highest BCUT2D eigenvalue weighted by atomic mass is 15.3. The Balaban J connectivity index is 1.81. The van der Waals surface area contributed by atoms with Crippen LogP contribution in [0.3, 0.4) is 0 Å². The Morgan fingerprint density at radius 1 is 1.15 bits per heavy atom. The van der Waals surface area contributed by atoms with E-state index in [1.165, 1.54) is 71.4 Å². The normalized spacial score (nSPS) is 28.1. The summed E-state index contributed by atoms with van der Waals surface area (Å²) in [6.07, 6.45) is 6.87. The summed E-state index contributed by atoms with van der Waals surface area (Å²) in [5.41, 5.74) is 0.449. The number of hydrogen-bond donors (Lipinski definition) is 1. The molecule has 0 aromatic heterocycles. The van der Waals surface area contributed by atoms with Gasteiger partial charge in [-0.3, -0.25) is 4.90 Å². The van der Waals surface area contributed by atoms with Crippen LogP contribution in [0.25, 0.3) is 0 Å². The van der Waals surface area contributed by atoms with Gasteiger partial charge in [0.15, 0.2) is 0 Å². The lowest BCUT2D eigenvalue weighted by molar-refractivity contribution is 0.159. The van der Waals surface area contributed by atoms with Crippen LogP contribution in [0.4, 0.5) is 0 Å². The third-order valence-electron chi connectivity index (χ3n) is 5.17. The van der Waals surface area contributed by atoms with Gasteiger partial charge in [0.2, 0.25) is 0 Å². The first-order chi connectivity index (χ1) is 9.67. The molecule has 0 amide bonds. The highest BCUT2D eigenvalue weighted by Gasteiger charge is 2.33. The topological polar surface area (TPSA) is 18.5 Å². The third kappa shape index (κ3) is 4.44. The van der Waals surface area contributed by atoms with Crippen molar-refractivity contribution in [1.82, 2.24) is 15.1 Å². The molecule has 2 aliphatic rings. The largest absolute Gasteiger partial charge is 0.316 e. The van der Waals surface area contributed by atoms with E-state index in [4.69, 9.17) is 0 Å². The monoisotopic (exact) mass is 281 g/mol. The van der Waals surface area contributed by atoms with E-state index in [1.807, 2.05) is 0 Å². The lowest BCUT2D eigenvalue weighted by atomic mass is 9.85. The van der Waals surface area contributed by atoms with Crippen molar-refractivity contribution in [2.45, 2.75) is 58.9 Å². The van der Waals surface area contributed by atoms with Crippen molar-refractivity contribution < 1.29 is 0 Å². The predicted octanol–water partition coefficient (Wildman–Crippen LogP) is 2.57. The zero-order valence-corrected chi connectivity index (χ0v) is 14.0. The summed E-state index contributed by atoms with van der Waals surface area (Å²) in [5, 5.41) is 3.58. The molecule has 0 aromatic carbocycles. The summed E-state index contributed by atoms with van der Waals surface area (Å²) < 4.78 is 0. The van der Waals surface area contributed by atoms with Gasteiger partial charge < -0.3 is 10.2 Å². The first kappa shape index (κ1) is 16.3. The number of nitrogens with one attached hydrogen (secondary N) is 1. The van der Waals surface area contributed by atoms with Crippen LogP contribution in [-0.4, -0.2) is 61.7 Å². The minimum atomic E-state index is 0.449. The molecule has 0 aromatic rings. The van der Waals surface area contributed by atoms with E-state index in [1.54, 1.807) is 0 Å². The molecule has 118 valence electrons. The van der Waals surface area contributed by atoms with Crippen molar-refractivity contribution in [2.75, 3.05) is 45.8 Å². The fourth-order valence-electron chi connectivity index (χ4n) is 4.15. The second-order valence-corrected chi connectivity index (χ2v) is 7.26. The van der Waals surface area contributed by atoms with Gasteiger partial charge in [-0.1, -0.05) is 27.2 Å². The number of likely N-dealkylation sites (tertiary alicyclic amines) is 2. The molecule has 2 heterocycles. The smallest absolute Gasteiger partial charge is 0.0235 e. The van der Waals surface area contributed by atoms with Crippen LogP contribution in [-0.2, 0) is 0 Å². The van der Waals surface area contributed by atoms with Gasteiger partial charge in [0, 0.05) is 25.7 Å². The Hall–Kier alpha value is -0.120. The molecule has 3 nitrogen and oxygen atoms in total. The van der Waals surface area contributed by atoms with Crippen LogP contribution in [0, 0.1) is 5.41 Å². The van der Waals surface area contributed by atoms with E-state index in [9.17, 15) is 0 Å². The molecule has 2 fully saturated rings.